The SMILES string of the molecule is Cc1ccncc1CNC(=O)Cc1ccccc1C(=O)O. The van der Waals surface area contributed by atoms with E-state index in [0.29, 0.717) is 12.1 Å². The Morgan fingerprint density at radius 1 is 1.19 bits per heavy atom. The quantitative estimate of drug-likeness (QED) is 0.879. The summed E-state index contributed by atoms with van der Waals surface area (Å²) in [7, 11) is 0. The van der Waals surface area contributed by atoms with Crippen LogP contribution in [0, 0.1) is 6.92 Å². The number of carboxylic acid groups (broad SMARTS) is 1. The second-order valence-electron chi connectivity index (χ2n) is 4.72. The Morgan fingerprint density at radius 3 is 2.67 bits per heavy atom. The number of nitrogens with zero attached hydrogens (tertiary/aromatic N) is 1. The molecule has 0 aliphatic carbocycles. The van der Waals surface area contributed by atoms with Gasteiger partial charge in [-0.15, -0.1) is 0 Å². The van der Waals surface area contributed by atoms with Gasteiger partial charge in [-0.05, 0) is 35.7 Å². The predicted molar refractivity (Wildman–Crippen MR) is 77.9 cm³/mol. The van der Waals surface area contributed by atoms with Crippen molar-refractivity contribution in [3.05, 3.63) is 65.0 Å². The molecule has 21 heavy (non-hydrogen) atoms. The van der Waals surface area contributed by atoms with Crippen molar-refractivity contribution in [3.63, 3.8) is 0 Å². The summed E-state index contributed by atoms with van der Waals surface area (Å²) in [5.74, 6) is -1.24. The lowest BCUT2D eigenvalue weighted by atomic mass is 10.0. The van der Waals surface area contributed by atoms with Gasteiger partial charge in [0, 0.05) is 18.9 Å². The van der Waals surface area contributed by atoms with E-state index >= 15 is 0 Å². The number of pyridine rings is 1. The molecule has 0 saturated carbocycles. The molecule has 0 atom stereocenters. The lowest BCUT2D eigenvalue weighted by molar-refractivity contribution is -0.120. The summed E-state index contributed by atoms with van der Waals surface area (Å²) in [4.78, 5) is 27.1. The van der Waals surface area contributed by atoms with Gasteiger partial charge in [0.05, 0.1) is 12.0 Å². The summed E-state index contributed by atoms with van der Waals surface area (Å²) in [6, 6.07) is 8.39. The number of rotatable bonds is 5. The van der Waals surface area contributed by atoms with Gasteiger partial charge >= 0.3 is 5.97 Å². The zero-order valence-corrected chi connectivity index (χ0v) is 11.7. The number of aryl methyl sites for hydroxylation is 1. The third-order valence-electron chi connectivity index (χ3n) is 3.22. The molecule has 2 aromatic rings. The van der Waals surface area contributed by atoms with Gasteiger partial charge in [-0.1, -0.05) is 18.2 Å². The molecule has 1 aromatic carbocycles. The lowest BCUT2D eigenvalue weighted by Gasteiger charge is -2.09. The van der Waals surface area contributed by atoms with E-state index in [1.165, 1.54) is 6.07 Å². The maximum absolute atomic E-state index is 11.9. The van der Waals surface area contributed by atoms with Crippen LogP contribution in [0.25, 0.3) is 0 Å². The zero-order valence-electron chi connectivity index (χ0n) is 11.7. The Kier molecular flexibility index (Phi) is 4.66. The van der Waals surface area contributed by atoms with Gasteiger partial charge in [-0.3, -0.25) is 9.78 Å². The molecule has 108 valence electrons. The maximum Gasteiger partial charge on any atom is 0.335 e. The number of nitrogens with one attached hydrogen (secondary N) is 1. The number of hydrogen-bond acceptors (Lipinski definition) is 3. The fraction of sp³-hybridized carbons (Fsp3) is 0.188. The molecule has 0 aliphatic heterocycles. The van der Waals surface area contributed by atoms with Crippen LogP contribution in [0.1, 0.15) is 27.0 Å². The van der Waals surface area contributed by atoms with Gasteiger partial charge in [-0.25, -0.2) is 4.79 Å². The highest BCUT2D eigenvalue weighted by Crippen LogP contribution is 2.10. The number of aromatic nitrogens is 1. The van der Waals surface area contributed by atoms with Crippen molar-refractivity contribution in [2.75, 3.05) is 0 Å². The molecule has 2 rings (SSSR count). The van der Waals surface area contributed by atoms with Crippen LogP contribution in [-0.4, -0.2) is 22.0 Å². The molecule has 0 unspecified atom stereocenters. The molecule has 1 heterocycles. The van der Waals surface area contributed by atoms with Crippen LogP contribution >= 0.6 is 0 Å². The van der Waals surface area contributed by atoms with Gasteiger partial charge < -0.3 is 10.4 Å². The van der Waals surface area contributed by atoms with Gasteiger partial charge in [0.25, 0.3) is 0 Å². The second kappa shape index (κ2) is 6.65. The molecule has 1 amide bonds. The van der Waals surface area contributed by atoms with Crippen molar-refractivity contribution in [1.82, 2.24) is 10.3 Å². The lowest BCUT2D eigenvalue weighted by Crippen LogP contribution is -2.25. The predicted octanol–water partition coefficient (Wildman–Crippen LogP) is 1.95. The van der Waals surface area contributed by atoms with Crippen molar-refractivity contribution < 1.29 is 14.7 Å². The van der Waals surface area contributed by atoms with Crippen LogP contribution in [0.15, 0.2) is 42.7 Å². The van der Waals surface area contributed by atoms with E-state index < -0.39 is 5.97 Å². The number of carboxylic acids is 1. The molecule has 0 radical (unpaired) electrons. The van der Waals surface area contributed by atoms with Crippen LogP contribution in [0.4, 0.5) is 0 Å². The van der Waals surface area contributed by atoms with Crippen LogP contribution in [0.3, 0.4) is 0 Å². The van der Waals surface area contributed by atoms with Crippen LogP contribution in [-0.2, 0) is 17.8 Å². The van der Waals surface area contributed by atoms with Crippen molar-refractivity contribution in [2.45, 2.75) is 19.9 Å². The Labute approximate surface area is 122 Å². The number of amides is 1. The molecule has 0 aliphatic rings. The molecule has 1 aromatic heterocycles. The highest BCUT2D eigenvalue weighted by atomic mass is 16.4. The smallest absolute Gasteiger partial charge is 0.335 e. The van der Waals surface area contributed by atoms with E-state index in [4.69, 9.17) is 5.11 Å². The average molecular weight is 284 g/mol. The second-order valence-corrected chi connectivity index (χ2v) is 4.72. The number of carbonyl (C=O) groups excluding carboxylic acids is 1. The van der Waals surface area contributed by atoms with E-state index in [1.54, 1.807) is 30.6 Å². The van der Waals surface area contributed by atoms with Crippen molar-refractivity contribution >= 4 is 11.9 Å². The summed E-state index contributed by atoms with van der Waals surface area (Å²) in [5.41, 5.74) is 2.66. The minimum atomic E-state index is -1.03. The van der Waals surface area contributed by atoms with Gasteiger partial charge in [0.1, 0.15) is 0 Å². The highest BCUT2D eigenvalue weighted by Gasteiger charge is 2.12. The first-order chi connectivity index (χ1) is 10.1. The first-order valence-electron chi connectivity index (χ1n) is 6.55. The zero-order chi connectivity index (χ0) is 15.2. The number of benzene rings is 1. The number of hydrogen-bond donors (Lipinski definition) is 2. The van der Waals surface area contributed by atoms with Crippen LogP contribution in [0.5, 0.6) is 0 Å². The van der Waals surface area contributed by atoms with E-state index in [9.17, 15) is 9.59 Å². The molecular formula is C16H16N2O3. The normalized spacial score (nSPS) is 10.1. The Bertz CT molecular complexity index is 668. The van der Waals surface area contributed by atoms with E-state index in [-0.39, 0.29) is 17.9 Å². The van der Waals surface area contributed by atoms with Crippen molar-refractivity contribution in [2.24, 2.45) is 0 Å². The Balaban J connectivity index is 2.00. The monoisotopic (exact) mass is 284 g/mol. The molecule has 0 spiro atoms. The third-order valence-corrected chi connectivity index (χ3v) is 3.22. The molecule has 0 fully saturated rings. The molecule has 5 heteroatoms. The van der Waals surface area contributed by atoms with Gasteiger partial charge in [0.15, 0.2) is 0 Å². The molecule has 0 bridgehead atoms. The summed E-state index contributed by atoms with van der Waals surface area (Å²) in [6.45, 7) is 2.33. The summed E-state index contributed by atoms with van der Waals surface area (Å²) >= 11 is 0. The number of aromatic carboxylic acids is 1. The van der Waals surface area contributed by atoms with Gasteiger partial charge in [0.2, 0.25) is 5.91 Å². The van der Waals surface area contributed by atoms with E-state index in [0.717, 1.165) is 11.1 Å². The third kappa shape index (κ3) is 3.89. The first-order valence-corrected chi connectivity index (χ1v) is 6.55. The minimum absolute atomic E-state index is 0.0434. The molecule has 5 nitrogen and oxygen atoms in total. The summed E-state index contributed by atoms with van der Waals surface area (Å²) < 4.78 is 0. The first kappa shape index (κ1) is 14.7. The minimum Gasteiger partial charge on any atom is -0.478 e. The number of carbonyl (C=O) groups is 2. The molecule has 0 saturated heterocycles. The van der Waals surface area contributed by atoms with E-state index in [2.05, 4.69) is 10.3 Å². The summed E-state index contributed by atoms with van der Waals surface area (Å²) in [6.07, 6.45) is 3.45. The fourth-order valence-electron chi connectivity index (χ4n) is 1.99. The fourth-order valence-corrected chi connectivity index (χ4v) is 1.99. The highest BCUT2D eigenvalue weighted by molar-refractivity contribution is 5.91. The van der Waals surface area contributed by atoms with Crippen molar-refractivity contribution in [1.29, 1.82) is 0 Å². The maximum atomic E-state index is 11.9. The van der Waals surface area contributed by atoms with Gasteiger partial charge in [-0.2, -0.15) is 0 Å². The topological polar surface area (TPSA) is 79.3 Å². The molecular weight excluding hydrogens is 268 g/mol. The van der Waals surface area contributed by atoms with E-state index in [1.807, 2.05) is 13.0 Å². The van der Waals surface area contributed by atoms with Crippen molar-refractivity contribution in [3.8, 4) is 0 Å². The van der Waals surface area contributed by atoms with Crippen LogP contribution in [0.2, 0.25) is 0 Å². The largest absolute Gasteiger partial charge is 0.478 e. The standard InChI is InChI=1S/C16H16N2O3/c1-11-6-7-17-9-13(11)10-18-15(19)8-12-4-2-3-5-14(12)16(20)21/h2-7,9H,8,10H2,1H3,(H,18,19)(H,20,21). The Morgan fingerprint density at radius 2 is 1.95 bits per heavy atom. The molecule has 2 N–H and O–H groups in total. The van der Waals surface area contributed by atoms with Crippen LogP contribution < -0.4 is 5.32 Å². The summed E-state index contributed by atoms with van der Waals surface area (Å²) in [5, 5.41) is 11.9. The average Bonchev–Trinajstić information content (AvgIpc) is 2.47. The Hall–Kier alpha value is -2.69.